The smallest absolute Gasteiger partial charge is 0.193 e. The molecule has 1 heterocycles. The van der Waals surface area contributed by atoms with E-state index < -0.39 is 17.4 Å². The Kier molecular flexibility index (Phi) is 5.84. The molecule has 0 fully saturated rings. The Balaban J connectivity index is 1.79. The van der Waals surface area contributed by atoms with Crippen LogP contribution in [-0.2, 0) is 5.41 Å². The maximum Gasteiger partial charge on any atom is 0.193 e. The molecule has 0 unspecified atom stereocenters. The maximum atomic E-state index is 13.8. The Morgan fingerprint density at radius 1 is 0.737 bits per heavy atom. The molecule has 192 valence electrons. The molecule has 4 aromatic rings. The first-order valence-electron chi connectivity index (χ1n) is 12.5. The summed E-state index contributed by atoms with van der Waals surface area (Å²) in [5, 5.41) is 10.8. The number of fused-ring (bicyclic) bond motifs is 6. The third-order valence-corrected chi connectivity index (χ3v) is 7.87. The van der Waals surface area contributed by atoms with E-state index in [4.69, 9.17) is 18.9 Å². The van der Waals surface area contributed by atoms with Crippen molar-refractivity contribution in [2.75, 3.05) is 27.9 Å². The van der Waals surface area contributed by atoms with Crippen LogP contribution in [0.1, 0.15) is 44.1 Å². The fraction of sp³-hybridized carbons (Fsp3) is 0.219. The van der Waals surface area contributed by atoms with E-state index in [1.54, 1.807) is 21.3 Å². The number of aliphatic hydroxyl groups excluding tert-OH is 1. The molecule has 38 heavy (non-hydrogen) atoms. The number of ketones is 1. The first kappa shape index (κ1) is 24.1. The zero-order valence-electron chi connectivity index (χ0n) is 21.4. The Bertz CT molecular complexity index is 1490. The highest BCUT2D eigenvalue weighted by Gasteiger charge is 2.57. The minimum Gasteiger partial charge on any atom is -0.493 e. The van der Waals surface area contributed by atoms with Crippen molar-refractivity contribution in [1.29, 1.82) is 0 Å². The third kappa shape index (κ3) is 3.20. The van der Waals surface area contributed by atoms with Crippen LogP contribution in [0.25, 0.3) is 0 Å². The number of carbonyl (C=O) groups excluding carboxylic acids is 1. The van der Waals surface area contributed by atoms with Gasteiger partial charge in [-0.1, -0.05) is 66.7 Å². The van der Waals surface area contributed by atoms with Gasteiger partial charge in [0, 0.05) is 22.6 Å². The molecule has 1 aliphatic heterocycles. The SMILES string of the molecule is COc1ccc([C@H]2[C@H](CO)Oc3c(OC)cccc3C23c2ccccc2C(=O)c2ccccc23)cc1OC. The number of hydrogen-bond acceptors (Lipinski definition) is 6. The van der Waals surface area contributed by atoms with Crippen LogP contribution in [0.3, 0.4) is 0 Å². The van der Waals surface area contributed by atoms with Crippen LogP contribution in [0, 0.1) is 0 Å². The number of aliphatic hydroxyl groups is 1. The molecule has 6 rings (SSSR count). The molecule has 1 spiro atoms. The zero-order valence-corrected chi connectivity index (χ0v) is 21.4. The largest absolute Gasteiger partial charge is 0.493 e. The molecule has 0 radical (unpaired) electrons. The fourth-order valence-corrected chi connectivity index (χ4v) is 6.39. The van der Waals surface area contributed by atoms with Crippen molar-refractivity contribution in [2.45, 2.75) is 17.4 Å². The molecule has 1 aliphatic carbocycles. The second-order valence-corrected chi connectivity index (χ2v) is 9.50. The lowest BCUT2D eigenvalue weighted by Gasteiger charge is -2.52. The van der Waals surface area contributed by atoms with Crippen molar-refractivity contribution < 1.29 is 28.8 Å². The van der Waals surface area contributed by atoms with Gasteiger partial charge in [0.25, 0.3) is 0 Å². The molecule has 0 saturated heterocycles. The number of rotatable bonds is 5. The molecule has 6 nitrogen and oxygen atoms in total. The molecular formula is C32H28O6. The Morgan fingerprint density at radius 3 is 1.95 bits per heavy atom. The molecule has 2 atom stereocenters. The molecule has 0 amide bonds. The van der Waals surface area contributed by atoms with Gasteiger partial charge in [-0.25, -0.2) is 0 Å². The second-order valence-electron chi connectivity index (χ2n) is 9.50. The molecule has 0 bridgehead atoms. The van der Waals surface area contributed by atoms with Crippen LogP contribution in [0.5, 0.6) is 23.0 Å². The summed E-state index contributed by atoms with van der Waals surface area (Å²) in [5.74, 6) is 1.85. The van der Waals surface area contributed by atoms with Crippen molar-refractivity contribution in [3.8, 4) is 23.0 Å². The monoisotopic (exact) mass is 508 g/mol. The summed E-state index contributed by atoms with van der Waals surface area (Å²) >= 11 is 0. The molecule has 0 saturated carbocycles. The second kappa shape index (κ2) is 9.23. The van der Waals surface area contributed by atoms with Gasteiger partial charge in [0.15, 0.2) is 28.8 Å². The normalized spacial score (nSPS) is 18.6. The van der Waals surface area contributed by atoms with Gasteiger partial charge in [0.2, 0.25) is 0 Å². The first-order chi connectivity index (χ1) is 18.6. The van der Waals surface area contributed by atoms with E-state index in [-0.39, 0.29) is 12.4 Å². The predicted molar refractivity (Wildman–Crippen MR) is 143 cm³/mol. The Labute approximate surface area is 221 Å². The van der Waals surface area contributed by atoms with E-state index in [1.165, 1.54) is 0 Å². The number of ether oxygens (including phenoxy) is 4. The van der Waals surface area contributed by atoms with E-state index in [1.807, 2.05) is 84.9 Å². The summed E-state index contributed by atoms with van der Waals surface area (Å²) < 4.78 is 23.5. The highest BCUT2D eigenvalue weighted by Crippen LogP contribution is 2.61. The fourth-order valence-electron chi connectivity index (χ4n) is 6.39. The van der Waals surface area contributed by atoms with Gasteiger partial charge in [0.1, 0.15) is 6.10 Å². The van der Waals surface area contributed by atoms with Crippen LogP contribution >= 0.6 is 0 Å². The van der Waals surface area contributed by atoms with Crippen molar-refractivity contribution in [3.63, 3.8) is 0 Å². The van der Waals surface area contributed by atoms with Gasteiger partial charge in [-0.2, -0.15) is 0 Å². The lowest BCUT2D eigenvalue weighted by molar-refractivity contribution is 0.0564. The van der Waals surface area contributed by atoms with Crippen LogP contribution in [0.4, 0.5) is 0 Å². The standard InChI is InChI=1S/C32H28O6/c1-35-25-16-15-19(17-27(25)37-3)29-28(18-33)38-31-24(13-8-14-26(31)36-2)32(29)22-11-6-4-9-20(22)30(34)21-10-5-7-12-23(21)32/h4-17,28-29,33H,18H2,1-3H3/t28-,29-/m0/s1. The van der Waals surface area contributed by atoms with E-state index >= 15 is 0 Å². The number of carbonyl (C=O) groups is 1. The predicted octanol–water partition coefficient (Wildman–Crippen LogP) is 5.13. The van der Waals surface area contributed by atoms with E-state index in [9.17, 15) is 9.90 Å². The van der Waals surface area contributed by atoms with E-state index in [0.29, 0.717) is 34.1 Å². The molecule has 1 N–H and O–H groups in total. The Hall–Kier alpha value is -4.29. The van der Waals surface area contributed by atoms with Gasteiger partial charge in [0.05, 0.1) is 33.4 Å². The van der Waals surface area contributed by atoms with Crippen molar-refractivity contribution in [2.24, 2.45) is 0 Å². The molecule has 0 aromatic heterocycles. The van der Waals surface area contributed by atoms with Gasteiger partial charge >= 0.3 is 0 Å². The van der Waals surface area contributed by atoms with E-state index in [0.717, 1.165) is 22.3 Å². The number of para-hydroxylation sites is 1. The summed E-state index contributed by atoms with van der Waals surface area (Å²) in [5.41, 5.74) is 3.85. The molecule has 2 aliphatic rings. The van der Waals surface area contributed by atoms with Crippen molar-refractivity contribution >= 4 is 5.78 Å². The first-order valence-corrected chi connectivity index (χ1v) is 12.5. The van der Waals surface area contributed by atoms with Crippen LogP contribution < -0.4 is 18.9 Å². The molecule has 6 heteroatoms. The summed E-state index contributed by atoms with van der Waals surface area (Å²) in [4.78, 5) is 13.8. The van der Waals surface area contributed by atoms with Gasteiger partial charge in [-0.3, -0.25) is 4.79 Å². The average molecular weight is 509 g/mol. The summed E-state index contributed by atoms with van der Waals surface area (Å²) in [6.45, 7) is -0.253. The topological polar surface area (TPSA) is 74.2 Å². The zero-order chi connectivity index (χ0) is 26.4. The van der Waals surface area contributed by atoms with Gasteiger partial charge < -0.3 is 24.1 Å². The molecular weight excluding hydrogens is 480 g/mol. The highest BCUT2D eigenvalue weighted by molar-refractivity contribution is 6.13. The summed E-state index contributed by atoms with van der Waals surface area (Å²) in [6.07, 6.45) is -0.661. The molecule has 4 aromatic carbocycles. The quantitative estimate of drug-likeness (QED) is 0.403. The minimum atomic E-state index is -0.879. The maximum absolute atomic E-state index is 13.8. The average Bonchev–Trinajstić information content (AvgIpc) is 2.98. The van der Waals surface area contributed by atoms with Gasteiger partial charge in [-0.05, 0) is 34.9 Å². The van der Waals surface area contributed by atoms with Crippen LogP contribution in [-0.4, -0.2) is 44.9 Å². The lowest BCUT2D eigenvalue weighted by atomic mass is 9.53. The third-order valence-electron chi connectivity index (χ3n) is 7.87. The lowest BCUT2D eigenvalue weighted by Crippen LogP contribution is -2.52. The summed E-state index contributed by atoms with van der Waals surface area (Å²) in [6, 6.07) is 27.1. The van der Waals surface area contributed by atoms with Crippen molar-refractivity contribution in [1.82, 2.24) is 0 Å². The van der Waals surface area contributed by atoms with Gasteiger partial charge in [-0.15, -0.1) is 0 Å². The van der Waals surface area contributed by atoms with Crippen molar-refractivity contribution in [3.05, 3.63) is 118 Å². The Morgan fingerprint density at radius 2 is 1.34 bits per heavy atom. The van der Waals surface area contributed by atoms with E-state index in [2.05, 4.69) is 0 Å². The minimum absolute atomic E-state index is 0.0237. The number of benzene rings is 4. The van der Waals surface area contributed by atoms with Crippen LogP contribution in [0.2, 0.25) is 0 Å². The van der Waals surface area contributed by atoms with Crippen LogP contribution in [0.15, 0.2) is 84.9 Å². The number of hydrogen-bond donors (Lipinski definition) is 1. The summed E-state index contributed by atoms with van der Waals surface area (Å²) in [7, 11) is 4.80. The number of methoxy groups -OCH3 is 3. The highest BCUT2D eigenvalue weighted by atomic mass is 16.5.